The van der Waals surface area contributed by atoms with Gasteiger partial charge in [0.05, 0.1) is 13.1 Å². The Labute approximate surface area is 95.8 Å². The monoisotopic (exact) mass is 225 g/mol. The molecule has 2 saturated heterocycles. The summed E-state index contributed by atoms with van der Waals surface area (Å²) < 4.78 is 0. The van der Waals surface area contributed by atoms with Crippen LogP contribution in [0.15, 0.2) is 0 Å². The molecular weight excluding hydrogens is 206 g/mol. The Morgan fingerprint density at radius 3 is 2.81 bits per heavy atom. The van der Waals surface area contributed by atoms with Crippen LogP contribution in [0.4, 0.5) is 0 Å². The molecule has 0 aliphatic carbocycles. The van der Waals surface area contributed by atoms with Crippen LogP contribution in [-0.4, -0.2) is 60.9 Å². The topological polar surface area (TPSA) is 52.6 Å². The van der Waals surface area contributed by atoms with Crippen LogP contribution >= 0.6 is 0 Å². The minimum atomic E-state index is -0.0364. The van der Waals surface area contributed by atoms with Gasteiger partial charge in [0, 0.05) is 12.6 Å². The predicted octanol–water partition coefficient (Wildman–Crippen LogP) is -0.715. The number of nitrogens with zero attached hydrogens (tertiary/aromatic N) is 2. The van der Waals surface area contributed by atoms with Crippen molar-refractivity contribution >= 4 is 11.8 Å². The highest BCUT2D eigenvalue weighted by Gasteiger charge is 2.35. The number of piperazine rings is 1. The molecule has 2 amide bonds. The first kappa shape index (κ1) is 11.4. The van der Waals surface area contributed by atoms with E-state index in [4.69, 9.17) is 0 Å². The third-order valence-electron chi connectivity index (χ3n) is 3.53. The molecule has 90 valence electrons. The van der Waals surface area contributed by atoms with Crippen molar-refractivity contribution < 1.29 is 9.59 Å². The van der Waals surface area contributed by atoms with Crippen LogP contribution in [0.25, 0.3) is 0 Å². The summed E-state index contributed by atoms with van der Waals surface area (Å²) in [5.41, 5.74) is 0. The van der Waals surface area contributed by atoms with Crippen LogP contribution in [0.3, 0.4) is 0 Å². The van der Waals surface area contributed by atoms with Crippen molar-refractivity contribution in [3.8, 4) is 0 Å². The van der Waals surface area contributed by atoms with Crippen molar-refractivity contribution in [1.82, 2.24) is 15.1 Å². The Kier molecular flexibility index (Phi) is 3.14. The fourth-order valence-electron chi connectivity index (χ4n) is 2.68. The van der Waals surface area contributed by atoms with E-state index in [1.54, 1.807) is 4.90 Å². The second-order valence-corrected chi connectivity index (χ2v) is 4.89. The molecule has 1 N–H and O–H groups in total. The zero-order chi connectivity index (χ0) is 11.7. The van der Waals surface area contributed by atoms with E-state index in [1.807, 2.05) is 0 Å². The minimum absolute atomic E-state index is 0.0364. The first-order chi connectivity index (χ1) is 7.58. The highest BCUT2D eigenvalue weighted by Crippen LogP contribution is 2.22. The number of hydrogen-bond donors (Lipinski definition) is 1. The molecule has 0 aromatic carbocycles. The highest BCUT2D eigenvalue weighted by atomic mass is 16.2. The SMILES string of the molecule is CC1CN(C)CCC1N1CC(=O)NCC1=O. The quantitative estimate of drug-likeness (QED) is 0.641. The summed E-state index contributed by atoms with van der Waals surface area (Å²) in [5, 5.41) is 2.58. The first-order valence-electron chi connectivity index (χ1n) is 5.82. The van der Waals surface area contributed by atoms with Gasteiger partial charge in [-0.1, -0.05) is 6.92 Å². The van der Waals surface area contributed by atoms with E-state index < -0.39 is 0 Å². The van der Waals surface area contributed by atoms with Crippen LogP contribution in [0.1, 0.15) is 13.3 Å². The molecule has 2 heterocycles. The molecule has 0 spiro atoms. The van der Waals surface area contributed by atoms with E-state index in [-0.39, 0.29) is 30.9 Å². The van der Waals surface area contributed by atoms with Gasteiger partial charge >= 0.3 is 0 Å². The maximum Gasteiger partial charge on any atom is 0.242 e. The lowest BCUT2D eigenvalue weighted by Crippen LogP contribution is -2.59. The van der Waals surface area contributed by atoms with Crippen LogP contribution in [-0.2, 0) is 9.59 Å². The van der Waals surface area contributed by atoms with E-state index in [9.17, 15) is 9.59 Å². The number of amides is 2. The van der Waals surface area contributed by atoms with Gasteiger partial charge in [-0.25, -0.2) is 0 Å². The van der Waals surface area contributed by atoms with Crippen LogP contribution in [0.5, 0.6) is 0 Å². The van der Waals surface area contributed by atoms with Crippen LogP contribution in [0.2, 0.25) is 0 Å². The van der Waals surface area contributed by atoms with Gasteiger partial charge in [-0.2, -0.15) is 0 Å². The number of piperidine rings is 1. The van der Waals surface area contributed by atoms with Gasteiger partial charge < -0.3 is 15.1 Å². The summed E-state index contributed by atoms with van der Waals surface area (Å²) in [6.45, 7) is 4.55. The zero-order valence-electron chi connectivity index (χ0n) is 9.90. The van der Waals surface area contributed by atoms with E-state index in [1.165, 1.54) is 0 Å². The fraction of sp³-hybridized carbons (Fsp3) is 0.818. The lowest BCUT2D eigenvalue weighted by Gasteiger charge is -2.42. The van der Waals surface area contributed by atoms with Crippen molar-refractivity contribution in [3.05, 3.63) is 0 Å². The average Bonchev–Trinajstić information content (AvgIpc) is 2.22. The minimum Gasteiger partial charge on any atom is -0.345 e. The maximum atomic E-state index is 11.8. The van der Waals surface area contributed by atoms with Crippen molar-refractivity contribution in [2.75, 3.05) is 33.2 Å². The second kappa shape index (κ2) is 4.41. The Balaban J connectivity index is 2.05. The lowest BCUT2D eigenvalue weighted by molar-refractivity contribution is -0.144. The van der Waals surface area contributed by atoms with Crippen molar-refractivity contribution in [1.29, 1.82) is 0 Å². The van der Waals surface area contributed by atoms with Gasteiger partial charge in [0.25, 0.3) is 0 Å². The molecule has 2 atom stereocenters. The molecule has 0 aromatic heterocycles. The lowest BCUT2D eigenvalue weighted by atomic mass is 9.92. The molecule has 16 heavy (non-hydrogen) atoms. The number of likely N-dealkylation sites (tertiary alicyclic amines) is 1. The van der Waals surface area contributed by atoms with Gasteiger partial charge in [0.1, 0.15) is 0 Å². The van der Waals surface area contributed by atoms with Crippen molar-refractivity contribution in [3.63, 3.8) is 0 Å². The molecule has 0 radical (unpaired) electrons. The average molecular weight is 225 g/mol. The molecule has 2 rings (SSSR count). The summed E-state index contributed by atoms with van der Waals surface area (Å²) in [7, 11) is 2.09. The molecule has 2 aliphatic heterocycles. The number of carbonyl (C=O) groups is 2. The molecule has 0 aromatic rings. The maximum absolute atomic E-state index is 11.8. The Morgan fingerprint density at radius 1 is 1.38 bits per heavy atom. The largest absolute Gasteiger partial charge is 0.345 e. The van der Waals surface area contributed by atoms with Crippen molar-refractivity contribution in [2.24, 2.45) is 5.92 Å². The molecule has 2 unspecified atom stereocenters. The second-order valence-electron chi connectivity index (χ2n) is 4.89. The number of hydrogen-bond acceptors (Lipinski definition) is 3. The predicted molar refractivity (Wildman–Crippen MR) is 59.8 cm³/mol. The third-order valence-corrected chi connectivity index (χ3v) is 3.53. The third kappa shape index (κ3) is 2.19. The van der Waals surface area contributed by atoms with Gasteiger partial charge in [-0.3, -0.25) is 9.59 Å². The normalized spacial score (nSPS) is 32.8. The van der Waals surface area contributed by atoms with E-state index in [2.05, 4.69) is 24.2 Å². The van der Waals surface area contributed by atoms with Gasteiger partial charge in [0.15, 0.2) is 0 Å². The summed E-state index contributed by atoms with van der Waals surface area (Å²) in [4.78, 5) is 27.1. The molecule has 5 nitrogen and oxygen atoms in total. The number of carbonyl (C=O) groups excluding carboxylic acids is 2. The summed E-state index contributed by atoms with van der Waals surface area (Å²) in [6.07, 6.45) is 0.969. The summed E-state index contributed by atoms with van der Waals surface area (Å²) in [6, 6.07) is 0.231. The van der Waals surface area contributed by atoms with Crippen LogP contribution in [0, 0.1) is 5.92 Å². The van der Waals surface area contributed by atoms with Crippen molar-refractivity contribution in [2.45, 2.75) is 19.4 Å². The zero-order valence-corrected chi connectivity index (χ0v) is 9.90. The molecular formula is C11H19N3O2. The molecule has 5 heteroatoms. The van der Waals surface area contributed by atoms with Gasteiger partial charge in [-0.05, 0) is 25.9 Å². The molecule has 2 aliphatic rings. The van der Waals surface area contributed by atoms with Crippen LogP contribution < -0.4 is 5.32 Å². The first-order valence-corrected chi connectivity index (χ1v) is 5.82. The number of nitrogens with one attached hydrogen (secondary N) is 1. The fourth-order valence-corrected chi connectivity index (χ4v) is 2.68. The highest BCUT2D eigenvalue weighted by molar-refractivity contribution is 5.92. The molecule has 0 saturated carbocycles. The Morgan fingerprint density at radius 2 is 2.12 bits per heavy atom. The van der Waals surface area contributed by atoms with E-state index >= 15 is 0 Å². The summed E-state index contributed by atoms with van der Waals surface area (Å²) in [5.74, 6) is 0.459. The smallest absolute Gasteiger partial charge is 0.242 e. The molecule has 2 fully saturated rings. The van der Waals surface area contributed by atoms with Gasteiger partial charge in [0.2, 0.25) is 11.8 Å². The Bertz CT molecular complexity index is 306. The van der Waals surface area contributed by atoms with E-state index in [0.717, 1.165) is 19.5 Å². The Hall–Kier alpha value is -1.10. The number of rotatable bonds is 1. The standard InChI is InChI=1S/C11H19N3O2/c1-8-6-13(2)4-3-9(8)14-7-10(15)12-5-11(14)16/h8-9H,3-7H2,1-2H3,(H,12,15). The summed E-state index contributed by atoms with van der Waals surface area (Å²) >= 11 is 0. The molecule has 0 bridgehead atoms. The van der Waals surface area contributed by atoms with E-state index in [0.29, 0.717) is 5.92 Å². The van der Waals surface area contributed by atoms with Gasteiger partial charge in [-0.15, -0.1) is 0 Å².